The maximum absolute atomic E-state index is 12.6. The molecule has 3 rings (SSSR count). The first kappa shape index (κ1) is 19.5. The van der Waals surface area contributed by atoms with E-state index in [9.17, 15) is 22.8 Å². The number of halogens is 3. The minimum Gasteiger partial charge on any atom is -0.338 e. The molecule has 0 radical (unpaired) electrons. The van der Waals surface area contributed by atoms with Crippen LogP contribution in [0, 0.1) is 19.8 Å². The van der Waals surface area contributed by atoms with Crippen molar-refractivity contribution in [2.75, 3.05) is 13.1 Å². The number of piperidine rings is 1. The molecule has 0 bridgehead atoms. The molecular weight excluding hydrogens is 381 g/mol. The highest BCUT2D eigenvalue weighted by atomic mass is 32.1. The molecule has 2 aromatic rings. The lowest BCUT2D eigenvalue weighted by atomic mass is 9.96. The fraction of sp³-hybridized carbons (Fsp3) is 0.529. The van der Waals surface area contributed by atoms with Gasteiger partial charge in [0.25, 0.3) is 11.5 Å². The summed E-state index contributed by atoms with van der Waals surface area (Å²) in [5.74, 6) is 0.0690. The van der Waals surface area contributed by atoms with Gasteiger partial charge in [-0.1, -0.05) is 0 Å². The second kappa shape index (κ2) is 7.41. The van der Waals surface area contributed by atoms with E-state index in [1.54, 1.807) is 4.90 Å². The van der Waals surface area contributed by atoms with Crippen molar-refractivity contribution in [2.24, 2.45) is 5.92 Å². The maximum atomic E-state index is 12.6. The van der Waals surface area contributed by atoms with Crippen molar-refractivity contribution in [1.82, 2.24) is 19.4 Å². The van der Waals surface area contributed by atoms with Gasteiger partial charge in [-0.05, 0) is 32.6 Å². The van der Waals surface area contributed by atoms with Crippen LogP contribution in [0.4, 0.5) is 13.2 Å². The molecule has 1 aliphatic heterocycles. The Kier molecular flexibility index (Phi) is 5.36. The van der Waals surface area contributed by atoms with Gasteiger partial charge in [-0.25, -0.2) is 9.97 Å². The Morgan fingerprint density at radius 3 is 2.48 bits per heavy atom. The first-order valence-corrected chi connectivity index (χ1v) is 9.34. The number of aromatic nitrogens is 3. The molecule has 1 amide bonds. The van der Waals surface area contributed by atoms with E-state index in [-0.39, 0.29) is 11.8 Å². The van der Waals surface area contributed by atoms with Crippen molar-refractivity contribution in [3.63, 3.8) is 0 Å². The number of hydrogen-bond acceptors (Lipinski definition) is 5. The fourth-order valence-electron chi connectivity index (χ4n) is 3.19. The fourth-order valence-corrected chi connectivity index (χ4v) is 4.08. The van der Waals surface area contributed by atoms with Crippen molar-refractivity contribution >= 4 is 17.2 Å². The quantitative estimate of drug-likeness (QED) is 0.795. The van der Waals surface area contributed by atoms with Crippen LogP contribution in [-0.2, 0) is 12.7 Å². The molecule has 0 saturated carbocycles. The Balaban J connectivity index is 1.61. The zero-order valence-electron chi connectivity index (χ0n) is 14.9. The third kappa shape index (κ3) is 4.37. The van der Waals surface area contributed by atoms with Crippen LogP contribution in [0.1, 0.15) is 38.9 Å². The Morgan fingerprint density at radius 2 is 1.96 bits per heavy atom. The number of amides is 1. The monoisotopic (exact) mass is 400 g/mol. The molecule has 0 aliphatic carbocycles. The summed E-state index contributed by atoms with van der Waals surface area (Å²) in [7, 11) is 0. The highest BCUT2D eigenvalue weighted by Gasteiger charge is 2.33. The molecule has 0 spiro atoms. The molecule has 0 aromatic carbocycles. The predicted octanol–water partition coefficient (Wildman–Crippen LogP) is 2.89. The third-order valence-electron chi connectivity index (χ3n) is 4.62. The average Bonchev–Trinajstić information content (AvgIpc) is 2.94. The van der Waals surface area contributed by atoms with E-state index < -0.39 is 17.4 Å². The lowest BCUT2D eigenvalue weighted by Gasteiger charge is -2.32. The standard InChI is InChI=1S/C17H19F3N4O2S/c1-10-15(27-11(2)22-10)16(26)23-5-3-12(4-6-23)8-24-9-21-13(7-14(24)25)17(18,19)20/h7,9,12H,3-6,8H2,1-2H3. The first-order chi connectivity index (χ1) is 12.6. The maximum Gasteiger partial charge on any atom is 0.433 e. The molecule has 1 fully saturated rings. The summed E-state index contributed by atoms with van der Waals surface area (Å²) in [5, 5.41) is 0.847. The number of thiazole rings is 1. The van der Waals surface area contributed by atoms with Crippen molar-refractivity contribution in [2.45, 2.75) is 39.4 Å². The van der Waals surface area contributed by atoms with Crippen LogP contribution in [0.3, 0.4) is 0 Å². The molecule has 27 heavy (non-hydrogen) atoms. The van der Waals surface area contributed by atoms with E-state index in [1.165, 1.54) is 15.9 Å². The Hall–Kier alpha value is -2.23. The third-order valence-corrected chi connectivity index (χ3v) is 5.69. The number of hydrogen-bond donors (Lipinski definition) is 0. The molecule has 10 heteroatoms. The second-order valence-electron chi connectivity index (χ2n) is 6.65. The number of carbonyl (C=O) groups is 1. The summed E-state index contributed by atoms with van der Waals surface area (Å²) in [6.07, 6.45) is -2.32. The minimum atomic E-state index is -4.63. The van der Waals surface area contributed by atoms with Gasteiger partial charge in [-0.3, -0.25) is 14.2 Å². The average molecular weight is 400 g/mol. The van der Waals surface area contributed by atoms with Crippen LogP contribution < -0.4 is 5.56 Å². The largest absolute Gasteiger partial charge is 0.433 e. The summed E-state index contributed by atoms with van der Waals surface area (Å²) < 4.78 is 39.0. The number of likely N-dealkylation sites (tertiary alicyclic amines) is 1. The summed E-state index contributed by atoms with van der Waals surface area (Å²) in [4.78, 5) is 34.6. The van der Waals surface area contributed by atoms with Gasteiger partial charge in [0, 0.05) is 25.7 Å². The molecule has 3 heterocycles. The van der Waals surface area contributed by atoms with Gasteiger partial charge < -0.3 is 4.90 Å². The first-order valence-electron chi connectivity index (χ1n) is 8.52. The van der Waals surface area contributed by atoms with Gasteiger partial charge in [0.1, 0.15) is 4.88 Å². The number of carbonyl (C=O) groups excluding carboxylic acids is 1. The molecular formula is C17H19F3N4O2S. The minimum absolute atomic E-state index is 0.0371. The van der Waals surface area contributed by atoms with Gasteiger partial charge in [-0.2, -0.15) is 13.2 Å². The molecule has 0 unspecified atom stereocenters. The van der Waals surface area contributed by atoms with E-state index in [0.717, 1.165) is 17.0 Å². The van der Waals surface area contributed by atoms with E-state index in [0.29, 0.717) is 43.4 Å². The Bertz CT molecular complexity index is 898. The van der Waals surface area contributed by atoms with Gasteiger partial charge >= 0.3 is 6.18 Å². The van der Waals surface area contributed by atoms with Crippen LogP contribution in [0.15, 0.2) is 17.2 Å². The van der Waals surface area contributed by atoms with Crippen molar-refractivity contribution in [3.05, 3.63) is 44.0 Å². The van der Waals surface area contributed by atoms with Gasteiger partial charge in [-0.15, -0.1) is 11.3 Å². The van der Waals surface area contributed by atoms with Crippen molar-refractivity contribution < 1.29 is 18.0 Å². The smallest absolute Gasteiger partial charge is 0.338 e. The summed E-state index contributed by atoms with van der Waals surface area (Å²) >= 11 is 1.38. The Morgan fingerprint density at radius 1 is 1.30 bits per heavy atom. The van der Waals surface area contributed by atoms with Crippen LogP contribution in [0.25, 0.3) is 0 Å². The van der Waals surface area contributed by atoms with Crippen molar-refractivity contribution in [1.29, 1.82) is 0 Å². The summed E-state index contributed by atoms with van der Waals surface area (Å²) in [5.41, 5.74) is -1.17. The number of alkyl halides is 3. The van der Waals surface area contributed by atoms with Gasteiger partial charge in [0.15, 0.2) is 5.69 Å². The predicted molar refractivity (Wildman–Crippen MR) is 93.7 cm³/mol. The zero-order chi connectivity index (χ0) is 19.8. The molecule has 0 N–H and O–H groups in total. The molecule has 2 aromatic heterocycles. The molecule has 6 nitrogen and oxygen atoms in total. The van der Waals surface area contributed by atoms with E-state index >= 15 is 0 Å². The molecule has 1 aliphatic rings. The summed E-state index contributed by atoms with van der Waals surface area (Å²) in [6.45, 7) is 5.06. The number of aryl methyl sites for hydroxylation is 2. The highest BCUT2D eigenvalue weighted by Crippen LogP contribution is 2.27. The Labute approximate surface area is 157 Å². The molecule has 1 saturated heterocycles. The van der Waals surface area contributed by atoms with Crippen LogP contribution in [0.5, 0.6) is 0 Å². The van der Waals surface area contributed by atoms with E-state index in [1.807, 2.05) is 13.8 Å². The lowest BCUT2D eigenvalue weighted by Crippen LogP contribution is -2.40. The van der Waals surface area contributed by atoms with Crippen LogP contribution in [-0.4, -0.2) is 38.4 Å². The van der Waals surface area contributed by atoms with Gasteiger partial charge in [0.2, 0.25) is 0 Å². The molecule has 146 valence electrons. The molecule has 0 atom stereocenters. The van der Waals surface area contributed by atoms with E-state index in [2.05, 4.69) is 9.97 Å². The summed E-state index contributed by atoms with van der Waals surface area (Å²) in [6, 6.07) is 0.521. The number of nitrogens with zero attached hydrogens (tertiary/aromatic N) is 4. The van der Waals surface area contributed by atoms with Gasteiger partial charge in [0.05, 0.1) is 17.0 Å². The van der Waals surface area contributed by atoms with E-state index in [4.69, 9.17) is 0 Å². The topological polar surface area (TPSA) is 68.1 Å². The normalized spacial score (nSPS) is 16.0. The second-order valence-corrected chi connectivity index (χ2v) is 7.85. The van der Waals surface area contributed by atoms with Crippen LogP contribution >= 0.6 is 11.3 Å². The lowest BCUT2D eigenvalue weighted by molar-refractivity contribution is -0.141. The number of rotatable bonds is 3. The van der Waals surface area contributed by atoms with Crippen molar-refractivity contribution in [3.8, 4) is 0 Å². The SMILES string of the molecule is Cc1nc(C)c(C(=O)N2CCC(Cn3cnc(C(F)(F)F)cc3=O)CC2)s1. The van der Waals surface area contributed by atoms with Crippen LogP contribution in [0.2, 0.25) is 0 Å². The highest BCUT2D eigenvalue weighted by molar-refractivity contribution is 7.13. The zero-order valence-corrected chi connectivity index (χ0v) is 15.7.